The van der Waals surface area contributed by atoms with E-state index in [1.165, 1.54) is 129 Å². The smallest absolute Gasteiger partial charge is 0.305 e. The molecule has 6 heteroatoms. The summed E-state index contributed by atoms with van der Waals surface area (Å²) in [5, 5.41) is 0. The summed E-state index contributed by atoms with van der Waals surface area (Å²) in [4.78, 5) is 35.8. The molecule has 0 aromatic rings. The highest BCUT2D eigenvalue weighted by Crippen LogP contribution is 2.14. The molecule has 0 aromatic heterocycles. The van der Waals surface area contributed by atoms with E-state index in [0.717, 1.165) is 44.9 Å². The number of hydrogen-bond acceptors (Lipinski definition) is 6. The average Bonchev–Trinajstić information content (AvgIpc) is 3.02. The fraction of sp³-hybridized carbons (Fsp3) is 0.872. The Morgan fingerprint density at radius 2 is 0.778 bits per heavy atom. The number of carbonyl (C=O) groups excluding carboxylic acids is 3. The Morgan fingerprint density at radius 1 is 0.467 bits per heavy atom. The van der Waals surface area contributed by atoms with Crippen molar-refractivity contribution in [3.05, 3.63) is 12.2 Å². The van der Waals surface area contributed by atoms with E-state index in [4.69, 9.17) is 14.2 Å². The summed E-state index contributed by atoms with van der Waals surface area (Å²) in [6, 6.07) is 0. The Balaban J connectivity index is 3.75. The largest absolute Gasteiger partial charge is 0.462 e. The van der Waals surface area contributed by atoms with Crippen LogP contribution in [0, 0.1) is 0 Å². The Kier molecular flexibility index (Phi) is 33.6. The quantitative estimate of drug-likeness (QED) is 0.0303. The molecule has 0 spiro atoms. The molecule has 0 heterocycles. The summed E-state index contributed by atoms with van der Waals surface area (Å²) in [5.74, 6) is -1.08. The third-order valence-corrected chi connectivity index (χ3v) is 8.32. The van der Waals surface area contributed by atoms with Gasteiger partial charge in [-0.1, -0.05) is 154 Å². The second kappa shape index (κ2) is 35.0. The van der Waals surface area contributed by atoms with Gasteiger partial charge in [0, 0.05) is 19.8 Å². The van der Waals surface area contributed by atoms with Crippen molar-refractivity contribution in [2.45, 2.75) is 207 Å². The van der Waals surface area contributed by atoms with Crippen LogP contribution in [0.15, 0.2) is 12.2 Å². The zero-order chi connectivity index (χ0) is 33.1. The lowest BCUT2D eigenvalue weighted by atomic mass is 10.0. The van der Waals surface area contributed by atoms with Gasteiger partial charge in [-0.3, -0.25) is 14.4 Å². The van der Waals surface area contributed by atoms with E-state index in [9.17, 15) is 14.4 Å². The van der Waals surface area contributed by atoms with Gasteiger partial charge in [-0.2, -0.15) is 0 Å². The zero-order valence-electron chi connectivity index (χ0n) is 29.9. The molecule has 0 saturated carbocycles. The van der Waals surface area contributed by atoms with E-state index >= 15 is 0 Å². The maximum Gasteiger partial charge on any atom is 0.305 e. The second-order valence-electron chi connectivity index (χ2n) is 12.9. The van der Waals surface area contributed by atoms with Gasteiger partial charge in [-0.15, -0.1) is 0 Å². The molecule has 0 aromatic carbocycles. The maximum absolute atomic E-state index is 12.2. The minimum atomic E-state index is -0.767. The van der Waals surface area contributed by atoms with Crippen molar-refractivity contribution in [2.24, 2.45) is 0 Å². The van der Waals surface area contributed by atoms with Crippen LogP contribution in [-0.2, 0) is 28.6 Å². The summed E-state index contributed by atoms with van der Waals surface area (Å²) in [7, 11) is 0. The van der Waals surface area contributed by atoms with Crippen molar-refractivity contribution in [3.63, 3.8) is 0 Å². The van der Waals surface area contributed by atoms with Gasteiger partial charge in [0.25, 0.3) is 0 Å². The van der Waals surface area contributed by atoms with Gasteiger partial charge in [0.15, 0.2) is 6.10 Å². The molecular weight excluding hydrogens is 564 g/mol. The number of unbranched alkanes of at least 4 members (excludes halogenated alkanes) is 23. The molecule has 0 saturated heterocycles. The number of ether oxygens (including phenoxy) is 3. The molecule has 0 rings (SSSR count). The SMILES string of the molecule is CCCCCCCC/C=C\CCCCCCCC(=O)OC[C@@H](COC(=O)CCCCCCCCCCCCCCC)OC(C)=O. The third kappa shape index (κ3) is 34.9. The molecule has 0 aliphatic heterocycles. The number of allylic oxidation sites excluding steroid dienone is 2. The van der Waals surface area contributed by atoms with Crippen LogP contribution in [0.2, 0.25) is 0 Å². The van der Waals surface area contributed by atoms with Crippen LogP contribution in [0.5, 0.6) is 0 Å². The first kappa shape index (κ1) is 43.1. The van der Waals surface area contributed by atoms with Crippen LogP contribution in [-0.4, -0.2) is 37.2 Å². The van der Waals surface area contributed by atoms with Crippen LogP contribution in [0.3, 0.4) is 0 Å². The van der Waals surface area contributed by atoms with E-state index in [1.807, 2.05) is 0 Å². The molecule has 0 amide bonds. The second-order valence-corrected chi connectivity index (χ2v) is 12.9. The van der Waals surface area contributed by atoms with Gasteiger partial charge in [0.05, 0.1) is 0 Å². The van der Waals surface area contributed by atoms with Crippen LogP contribution in [0.4, 0.5) is 0 Å². The third-order valence-electron chi connectivity index (χ3n) is 8.32. The highest BCUT2D eigenvalue weighted by atomic mass is 16.6. The van der Waals surface area contributed by atoms with Crippen molar-refractivity contribution >= 4 is 17.9 Å². The molecule has 0 radical (unpaired) electrons. The molecule has 0 aliphatic rings. The minimum absolute atomic E-state index is 0.0858. The molecule has 1 atom stereocenters. The van der Waals surface area contributed by atoms with E-state index < -0.39 is 12.1 Å². The Bertz CT molecular complexity index is 704. The maximum atomic E-state index is 12.2. The molecule has 6 nitrogen and oxygen atoms in total. The van der Waals surface area contributed by atoms with Crippen molar-refractivity contribution < 1.29 is 28.6 Å². The van der Waals surface area contributed by atoms with Crippen molar-refractivity contribution in [1.82, 2.24) is 0 Å². The highest BCUT2D eigenvalue weighted by Gasteiger charge is 2.17. The van der Waals surface area contributed by atoms with Gasteiger partial charge < -0.3 is 14.2 Å². The van der Waals surface area contributed by atoms with Gasteiger partial charge in [0.2, 0.25) is 0 Å². The number of esters is 3. The summed E-state index contributed by atoms with van der Waals surface area (Å²) in [5.41, 5.74) is 0. The van der Waals surface area contributed by atoms with Crippen molar-refractivity contribution in [2.75, 3.05) is 13.2 Å². The Morgan fingerprint density at radius 3 is 1.11 bits per heavy atom. The predicted molar refractivity (Wildman–Crippen MR) is 187 cm³/mol. The summed E-state index contributed by atoms with van der Waals surface area (Å²) in [6.45, 7) is 5.64. The van der Waals surface area contributed by atoms with E-state index in [0.29, 0.717) is 12.8 Å². The number of hydrogen-bond donors (Lipinski definition) is 0. The fourth-order valence-electron chi connectivity index (χ4n) is 5.49. The first-order valence-corrected chi connectivity index (χ1v) is 19.1. The van der Waals surface area contributed by atoms with Crippen LogP contribution in [0.25, 0.3) is 0 Å². The van der Waals surface area contributed by atoms with Gasteiger partial charge in [0.1, 0.15) is 13.2 Å². The molecule has 0 unspecified atom stereocenters. The van der Waals surface area contributed by atoms with Gasteiger partial charge in [-0.05, 0) is 38.5 Å². The molecule has 0 aliphatic carbocycles. The molecule has 0 fully saturated rings. The first-order chi connectivity index (χ1) is 22.0. The van der Waals surface area contributed by atoms with Crippen molar-refractivity contribution in [3.8, 4) is 0 Å². The first-order valence-electron chi connectivity index (χ1n) is 19.1. The summed E-state index contributed by atoms with van der Waals surface area (Å²) >= 11 is 0. The van der Waals surface area contributed by atoms with E-state index in [-0.39, 0.29) is 25.2 Å². The highest BCUT2D eigenvalue weighted by molar-refractivity contribution is 5.70. The van der Waals surface area contributed by atoms with E-state index in [1.54, 1.807) is 0 Å². The zero-order valence-corrected chi connectivity index (χ0v) is 29.9. The Labute approximate surface area is 278 Å². The van der Waals surface area contributed by atoms with Crippen LogP contribution >= 0.6 is 0 Å². The van der Waals surface area contributed by atoms with E-state index in [2.05, 4.69) is 26.0 Å². The minimum Gasteiger partial charge on any atom is -0.462 e. The molecule has 45 heavy (non-hydrogen) atoms. The summed E-state index contributed by atoms with van der Waals surface area (Å²) < 4.78 is 15.9. The van der Waals surface area contributed by atoms with Crippen LogP contribution in [0.1, 0.15) is 201 Å². The molecule has 264 valence electrons. The van der Waals surface area contributed by atoms with Crippen molar-refractivity contribution in [1.29, 1.82) is 0 Å². The molecule has 0 bridgehead atoms. The number of rotatable bonds is 34. The summed E-state index contributed by atoms with van der Waals surface area (Å²) in [6.07, 6.45) is 36.6. The average molecular weight is 637 g/mol. The normalized spacial score (nSPS) is 12.0. The lowest BCUT2D eigenvalue weighted by molar-refractivity contribution is -0.165. The standard InChI is InChI=1S/C39H72O6/c1-4-6-8-10-12-14-16-18-19-21-23-25-27-29-31-33-39(42)44-35-37(45-36(3)40)34-43-38(41)32-30-28-26-24-22-20-17-15-13-11-9-7-5-2/h18-19,37H,4-17,20-35H2,1-3H3/b19-18-/t37-/m1/s1. The Hall–Kier alpha value is -1.85. The predicted octanol–water partition coefficient (Wildman–Crippen LogP) is 11.5. The monoisotopic (exact) mass is 637 g/mol. The fourth-order valence-corrected chi connectivity index (χ4v) is 5.49. The topological polar surface area (TPSA) is 78.9 Å². The molecular formula is C39H72O6. The number of carbonyl (C=O) groups is 3. The van der Waals surface area contributed by atoms with Gasteiger partial charge >= 0.3 is 17.9 Å². The van der Waals surface area contributed by atoms with Gasteiger partial charge in [-0.25, -0.2) is 0 Å². The lowest BCUT2D eigenvalue weighted by Gasteiger charge is -2.17. The van der Waals surface area contributed by atoms with Crippen LogP contribution < -0.4 is 0 Å². The lowest BCUT2D eigenvalue weighted by Crippen LogP contribution is -2.30. The molecule has 0 N–H and O–H groups in total.